The number of halogens is 1. The number of benzene rings is 1. The second-order valence-corrected chi connectivity index (χ2v) is 9.29. The van der Waals surface area contributed by atoms with Crippen molar-refractivity contribution in [2.24, 2.45) is 5.14 Å². The lowest BCUT2D eigenvalue weighted by molar-refractivity contribution is 0.0995. The molecule has 1 amide bonds. The summed E-state index contributed by atoms with van der Waals surface area (Å²) in [6.07, 6.45) is 0. The molecule has 10 nitrogen and oxygen atoms in total. The molecule has 13 heteroatoms. The Morgan fingerprint density at radius 1 is 1.22 bits per heavy atom. The number of methoxy groups -OCH3 is 2. The number of hydrogen-bond donors (Lipinski definition) is 1. The number of ether oxygens (including phenoxy) is 2. The van der Waals surface area contributed by atoms with E-state index in [0.717, 1.165) is 16.2 Å². The summed E-state index contributed by atoms with van der Waals surface area (Å²) in [6.45, 7) is 2.85. The minimum absolute atomic E-state index is 0.00338. The summed E-state index contributed by atoms with van der Waals surface area (Å²) in [6, 6.07) is 3.98. The third-order valence-electron chi connectivity index (χ3n) is 4.43. The predicted octanol–water partition coefficient (Wildman–Crippen LogP) is 3.54. The van der Waals surface area contributed by atoms with Crippen molar-refractivity contribution in [3.05, 3.63) is 44.7 Å². The standard InChI is InChI=1S/C19H18ClN3O7S2/c1-9-16(20)19(30-22-9)23(18(25)17-15(5-6-31-17)32(21,26)27)12-8-14(29-4)13(28-3)7-11(12)10(2)24/h5-8H,1-4H3,(H2,21,26,27). The first-order chi connectivity index (χ1) is 15.0. The zero-order chi connectivity index (χ0) is 23.8. The van der Waals surface area contributed by atoms with E-state index < -0.39 is 21.7 Å². The summed E-state index contributed by atoms with van der Waals surface area (Å²) < 4.78 is 39.9. The van der Waals surface area contributed by atoms with Crippen LogP contribution in [0.5, 0.6) is 11.5 Å². The number of aryl methyl sites for hydroxylation is 1. The van der Waals surface area contributed by atoms with Gasteiger partial charge in [0.05, 0.1) is 19.9 Å². The third kappa shape index (κ3) is 4.21. The molecule has 0 radical (unpaired) electrons. The van der Waals surface area contributed by atoms with Crippen molar-refractivity contribution in [1.29, 1.82) is 0 Å². The van der Waals surface area contributed by atoms with E-state index in [1.807, 2.05) is 0 Å². The summed E-state index contributed by atoms with van der Waals surface area (Å²) in [5, 5.41) is 10.4. The van der Waals surface area contributed by atoms with Gasteiger partial charge in [-0.05, 0) is 31.4 Å². The Hall–Kier alpha value is -2.93. The van der Waals surface area contributed by atoms with Gasteiger partial charge in [0.15, 0.2) is 17.3 Å². The summed E-state index contributed by atoms with van der Waals surface area (Å²) in [5.41, 5.74) is 0.365. The van der Waals surface area contributed by atoms with Gasteiger partial charge in [-0.1, -0.05) is 16.8 Å². The molecule has 0 saturated heterocycles. The van der Waals surface area contributed by atoms with Gasteiger partial charge < -0.3 is 14.0 Å². The fourth-order valence-electron chi connectivity index (χ4n) is 2.91. The van der Waals surface area contributed by atoms with Crippen LogP contribution in [0.25, 0.3) is 0 Å². The van der Waals surface area contributed by atoms with Gasteiger partial charge in [-0.15, -0.1) is 11.3 Å². The van der Waals surface area contributed by atoms with E-state index in [4.69, 9.17) is 30.7 Å². The summed E-state index contributed by atoms with van der Waals surface area (Å²) in [5.74, 6) is -1.02. The second-order valence-electron chi connectivity index (χ2n) is 6.47. The molecule has 2 N–H and O–H groups in total. The number of primary sulfonamides is 1. The Bertz CT molecular complexity index is 1310. The number of Topliss-reactive ketones (excluding diaryl/α,β-unsaturated/α-hetero) is 1. The van der Waals surface area contributed by atoms with E-state index in [0.29, 0.717) is 0 Å². The van der Waals surface area contributed by atoms with Crippen LogP contribution >= 0.6 is 22.9 Å². The monoisotopic (exact) mass is 499 g/mol. The second kappa shape index (κ2) is 8.90. The van der Waals surface area contributed by atoms with Gasteiger partial charge in [0.2, 0.25) is 10.0 Å². The fourth-order valence-corrected chi connectivity index (χ4v) is 4.96. The number of nitrogens with zero attached hydrogens (tertiary/aromatic N) is 2. The first-order valence-corrected chi connectivity index (χ1v) is 11.6. The maximum atomic E-state index is 13.7. The highest BCUT2D eigenvalue weighted by Crippen LogP contribution is 2.42. The van der Waals surface area contributed by atoms with Gasteiger partial charge in [-0.25, -0.2) is 18.5 Å². The lowest BCUT2D eigenvalue weighted by atomic mass is 10.1. The van der Waals surface area contributed by atoms with Gasteiger partial charge in [0, 0.05) is 11.6 Å². The van der Waals surface area contributed by atoms with Crippen molar-refractivity contribution in [2.75, 3.05) is 19.1 Å². The minimum atomic E-state index is -4.22. The highest BCUT2D eigenvalue weighted by atomic mass is 35.5. The highest BCUT2D eigenvalue weighted by Gasteiger charge is 2.34. The Labute approximate surface area is 192 Å². The normalized spacial score (nSPS) is 11.3. The average molecular weight is 500 g/mol. The smallest absolute Gasteiger partial charge is 0.276 e. The van der Waals surface area contributed by atoms with Crippen molar-refractivity contribution < 1.29 is 32.0 Å². The van der Waals surface area contributed by atoms with Gasteiger partial charge in [-0.2, -0.15) is 0 Å². The molecule has 3 rings (SSSR count). The minimum Gasteiger partial charge on any atom is -0.493 e. The van der Waals surface area contributed by atoms with Crippen LogP contribution in [0.2, 0.25) is 5.02 Å². The van der Waals surface area contributed by atoms with Gasteiger partial charge >= 0.3 is 0 Å². The summed E-state index contributed by atoms with van der Waals surface area (Å²) in [7, 11) is -1.44. The molecular weight excluding hydrogens is 482 g/mol. The largest absolute Gasteiger partial charge is 0.493 e. The fraction of sp³-hybridized carbons (Fsp3) is 0.211. The molecule has 3 aromatic rings. The highest BCUT2D eigenvalue weighted by molar-refractivity contribution is 7.89. The van der Waals surface area contributed by atoms with E-state index in [2.05, 4.69) is 5.16 Å². The number of anilines is 2. The molecule has 0 saturated carbocycles. The number of carbonyl (C=O) groups excluding carboxylic acids is 2. The van der Waals surface area contributed by atoms with Crippen LogP contribution in [-0.2, 0) is 10.0 Å². The molecule has 0 fully saturated rings. The molecule has 170 valence electrons. The number of carbonyl (C=O) groups is 2. The van der Waals surface area contributed by atoms with Crippen molar-refractivity contribution in [3.8, 4) is 11.5 Å². The number of hydrogen-bond acceptors (Lipinski definition) is 9. The molecule has 0 spiro atoms. The van der Waals surface area contributed by atoms with Crippen LogP contribution in [0.3, 0.4) is 0 Å². The van der Waals surface area contributed by atoms with E-state index in [1.54, 1.807) is 6.92 Å². The van der Waals surface area contributed by atoms with Crippen molar-refractivity contribution in [3.63, 3.8) is 0 Å². The molecule has 0 aliphatic carbocycles. The molecule has 0 atom stereocenters. The quantitative estimate of drug-likeness (QED) is 0.486. The van der Waals surface area contributed by atoms with Gasteiger partial charge in [0.25, 0.3) is 11.8 Å². The lowest BCUT2D eigenvalue weighted by Crippen LogP contribution is -2.29. The molecular formula is C19H18ClN3O7S2. The predicted molar refractivity (Wildman–Crippen MR) is 118 cm³/mol. The maximum Gasteiger partial charge on any atom is 0.276 e. The first kappa shape index (κ1) is 23.7. The van der Waals surface area contributed by atoms with E-state index in [-0.39, 0.29) is 49.1 Å². The number of ketones is 1. The number of sulfonamides is 1. The Morgan fingerprint density at radius 3 is 2.34 bits per heavy atom. The van der Waals surface area contributed by atoms with E-state index in [1.165, 1.54) is 44.7 Å². The third-order valence-corrected chi connectivity index (χ3v) is 6.85. The molecule has 32 heavy (non-hydrogen) atoms. The molecule has 0 aliphatic heterocycles. The Morgan fingerprint density at radius 2 is 1.84 bits per heavy atom. The molecule has 0 aliphatic rings. The van der Waals surface area contributed by atoms with Gasteiger partial charge in [-0.3, -0.25) is 9.59 Å². The number of thiophene rings is 1. The molecule has 2 aromatic heterocycles. The first-order valence-electron chi connectivity index (χ1n) is 8.84. The summed E-state index contributed by atoms with van der Waals surface area (Å²) >= 11 is 7.17. The zero-order valence-electron chi connectivity index (χ0n) is 17.3. The van der Waals surface area contributed by atoms with Crippen LogP contribution in [0.15, 0.2) is 33.0 Å². The van der Waals surface area contributed by atoms with Crippen LogP contribution in [-0.4, -0.2) is 39.5 Å². The van der Waals surface area contributed by atoms with Crippen LogP contribution in [0.1, 0.15) is 32.6 Å². The van der Waals surface area contributed by atoms with Crippen LogP contribution in [0.4, 0.5) is 11.6 Å². The molecule has 0 unspecified atom stereocenters. The number of nitrogens with two attached hydrogens (primary N) is 1. The zero-order valence-corrected chi connectivity index (χ0v) is 19.7. The van der Waals surface area contributed by atoms with Crippen molar-refractivity contribution in [2.45, 2.75) is 18.7 Å². The number of rotatable bonds is 7. The number of amides is 1. The summed E-state index contributed by atoms with van der Waals surface area (Å²) in [4.78, 5) is 26.5. The maximum absolute atomic E-state index is 13.7. The topological polar surface area (TPSA) is 142 Å². The van der Waals surface area contributed by atoms with Crippen molar-refractivity contribution >= 4 is 56.2 Å². The molecule has 1 aromatic carbocycles. The van der Waals surface area contributed by atoms with Crippen LogP contribution in [0, 0.1) is 6.92 Å². The van der Waals surface area contributed by atoms with E-state index in [9.17, 15) is 18.0 Å². The molecule has 2 heterocycles. The Kier molecular flexibility index (Phi) is 6.60. The van der Waals surface area contributed by atoms with Gasteiger partial charge in [0.1, 0.15) is 20.5 Å². The van der Waals surface area contributed by atoms with Crippen molar-refractivity contribution in [1.82, 2.24) is 5.16 Å². The average Bonchev–Trinajstić information content (AvgIpc) is 3.36. The Balaban J connectivity index is 2.36. The SMILES string of the molecule is COc1cc(C(C)=O)c(N(C(=O)c2sccc2S(N)(=O)=O)c2onc(C)c2Cl)cc1OC. The number of aromatic nitrogens is 1. The lowest BCUT2D eigenvalue weighted by Gasteiger charge is -2.23. The van der Waals surface area contributed by atoms with Crippen LogP contribution < -0.4 is 19.5 Å². The van der Waals surface area contributed by atoms with E-state index >= 15 is 0 Å². The molecule has 0 bridgehead atoms.